The van der Waals surface area contributed by atoms with Crippen LogP contribution in [-0.2, 0) is 22.4 Å². The van der Waals surface area contributed by atoms with Gasteiger partial charge in [-0.25, -0.2) is 0 Å². The maximum absolute atomic E-state index is 15.0. The van der Waals surface area contributed by atoms with Crippen LogP contribution >= 0.6 is 0 Å². The van der Waals surface area contributed by atoms with Crippen molar-refractivity contribution >= 4 is 25.7 Å². The van der Waals surface area contributed by atoms with Crippen molar-refractivity contribution < 1.29 is 18.7 Å². The molecular weight excluding hydrogens is 421 g/mol. The number of para-hydroxylation sites is 1. The van der Waals surface area contributed by atoms with E-state index in [1.807, 2.05) is 35.2 Å². The molecule has 0 unspecified atom stereocenters. The van der Waals surface area contributed by atoms with E-state index in [2.05, 4.69) is 25.1 Å². The summed E-state index contributed by atoms with van der Waals surface area (Å²) in [7, 11) is -2.89. The third kappa shape index (κ3) is 4.68. The molecule has 4 rings (SSSR count). The maximum Gasteiger partial charge on any atom is 0.246 e. The zero-order valence-electron chi connectivity index (χ0n) is 19.3. The number of aliphatic hydroxyl groups excluding tert-OH is 1. The van der Waals surface area contributed by atoms with E-state index in [1.54, 1.807) is 13.1 Å². The molecular formula is C26H34FNO3Si. The fourth-order valence-corrected chi connectivity index (χ4v) is 8.24. The van der Waals surface area contributed by atoms with Crippen molar-refractivity contribution in [2.75, 3.05) is 11.5 Å². The summed E-state index contributed by atoms with van der Waals surface area (Å²) in [6.45, 7) is 5.63. The van der Waals surface area contributed by atoms with Crippen LogP contribution in [0.4, 0.5) is 15.5 Å². The minimum atomic E-state index is -2.89. The van der Waals surface area contributed by atoms with Crippen molar-refractivity contribution in [3.8, 4) is 0 Å². The van der Waals surface area contributed by atoms with Gasteiger partial charge in [-0.3, -0.25) is 9.69 Å². The Hall–Kier alpha value is -2.02. The number of aliphatic hydroxyl groups is 1. The Morgan fingerprint density at radius 1 is 1.09 bits per heavy atom. The van der Waals surface area contributed by atoms with Crippen LogP contribution in [0.1, 0.15) is 37.3 Å². The summed E-state index contributed by atoms with van der Waals surface area (Å²) >= 11 is 0. The number of carbonyl (C=O) groups excluding carboxylic acids is 1. The van der Waals surface area contributed by atoms with Gasteiger partial charge in [-0.1, -0.05) is 37.3 Å². The Balaban J connectivity index is 1.49. The van der Waals surface area contributed by atoms with Crippen LogP contribution in [-0.4, -0.2) is 38.2 Å². The van der Waals surface area contributed by atoms with E-state index >= 15 is 4.11 Å². The highest BCUT2D eigenvalue weighted by molar-refractivity contribution is 6.72. The average Bonchev–Trinajstić information content (AvgIpc) is 3.08. The summed E-state index contributed by atoms with van der Waals surface area (Å²) in [6.07, 6.45) is 3.20. The number of hydrogen-bond donors (Lipinski definition) is 1. The van der Waals surface area contributed by atoms with Gasteiger partial charge >= 0.3 is 0 Å². The number of aryl methyl sites for hydroxylation is 2. The number of nitrogens with zero attached hydrogens (tertiary/aromatic N) is 1. The molecule has 1 N–H and O–H groups in total. The van der Waals surface area contributed by atoms with E-state index in [9.17, 15) is 9.90 Å². The third-order valence-corrected chi connectivity index (χ3v) is 9.57. The van der Waals surface area contributed by atoms with Gasteiger partial charge in [0.05, 0.1) is 17.9 Å². The highest BCUT2D eigenvalue weighted by atomic mass is 28.4. The zero-order valence-corrected chi connectivity index (χ0v) is 20.3. The number of halogens is 1. The van der Waals surface area contributed by atoms with E-state index in [0.717, 1.165) is 36.2 Å². The van der Waals surface area contributed by atoms with E-state index in [-0.39, 0.29) is 36.2 Å². The molecule has 2 aliphatic heterocycles. The molecule has 0 aliphatic carbocycles. The quantitative estimate of drug-likeness (QED) is 0.439. The number of anilines is 2. The lowest BCUT2D eigenvalue weighted by Crippen LogP contribution is -2.36. The molecule has 1 saturated heterocycles. The van der Waals surface area contributed by atoms with E-state index in [4.69, 9.17) is 4.74 Å². The monoisotopic (exact) mass is 455 g/mol. The highest BCUT2D eigenvalue weighted by Crippen LogP contribution is 2.46. The lowest BCUT2D eigenvalue weighted by atomic mass is 9.95. The first-order valence-electron chi connectivity index (χ1n) is 11.7. The van der Waals surface area contributed by atoms with Gasteiger partial charge in [-0.05, 0) is 74.0 Å². The van der Waals surface area contributed by atoms with Crippen LogP contribution in [0.15, 0.2) is 48.5 Å². The van der Waals surface area contributed by atoms with E-state index in [1.165, 1.54) is 5.56 Å². The normalized spacial score (nSPS) is 25.8. The SMILES string of the molecule is C[C@@H]1[C@@H]([Si](C)(C)F)[C@H](CCO)O[C@@H]1CCc1cccc(N2C(=O)CCc3ccccc32)c1. The fraction of sp³-hybridized carbons (Fsp3) is 0.500. The van der Waals surface area contributed by atoms with E-state index < -0.39 is 8.41 Å². The molecule has 6 heteroatoms. The molecule has 2 aliphatic rings. The molecule has 4 nitrogen and oxygen atoms in total. The van der Waals surface area contributed by atoms with Crippen molar-refractivity contribution in [2.45, 2.75) is 69.9 Å². The lowest BCUT2D eigenvalue weighted by molar-refractivity contribution is -0.118. The summed E-state index contributed by atoms with van der Waals surface area (Å²) in [5.41, 5.74) is 4.12. The zero-order chi connectivity index (χ0) is 22.9. The highest BCUT2D eigenvalue weighted by Gasteiger charge is 2.50. The summed E-state index contributed by atoms with van der Waals surface area (Å²) in [4.78, 5) is 14.6. The molecule has 172 valence electrons. The number of ether oxygens (including phenoxy) is 1. The maximum atomic E-state index is 15.0. The van der Waals surface area contributed by atoms with Gasteiger partial charge in [0, 0.05) is 24.3 Å². The molecule has 1 fully saturated rings. The molecule has 0 spiro atoms. The number of hydrogen-bond acceptors (Lipinski definition) is 3. The number of rotatable bonds is 7. The summed E-state index contributed by atoms with van der Waals surface area (Å²) < 4.78 is 21.3. The third-order valence-electron chi connectivity index (χ3n) is 7.09. The molecule has 0 saturated carbocycles. The standard InChI is InChI=1S/C26H34FNO3Si/c1-18-23(31-24(15-16-29)26(18)32(2,3)27)13-11-19-7-6-9-21(17-19)28-22-10-5-4-8-20(22)12-14-25(28)30/h4-10,17-18,23-24,26,29H,11-16H2,1-3H3/t18-,23+,24-,26+/m0/s1. The molecule has 2 aromatic carbocycles. The molecule has 0 aromatic heterocycles. The van der Waals surface area contributed by atoms with Crippen LogP contribution in [0.2, 0.25) is 18.6 Å². The lowest BCUT2D eigenvalue weighted by Gasteiger charge is -2.30. The topological polar surface area (TPSA) is 49.8 Å². The van der Waals surface area contributed by atoms with Gasteiger partial charge in [0.25, 0.3) is 0 Å². The molecule has 0 bridgehead atoms. The Bertz CT molecular complexity index is 960. The van der Waals surface area contributed by atoms with Crippen molar-refractivity contribution in [2.24, 2.45) is 5.92 Å². The number of benzene rings is 2. The second kappa shape index (κ2) is 9.46. The van der Waals surface area contributed by atoms with Crippen LogP contribution in [0, 0.1) is 5.92 Å². The van der Waals surface area contributed by atoms with E-state index in [0.29, 0.717) is 12.8 Å². The van der Waals surface area contributed by atoms with Crippen molar-refractivity contribution in [3.05, 3.63) is 59.7 Å². The molecule has 4 atom stereocenters. The minimum Gasteiger partial charge on any atom is -0.396 e. The van der Waals surface area contributed by atoms with Gasteiger partial charge < -0.3 is 14.0 Å². The second-order valence-electron chi connectivity index (χ2n) is 9.74. The summed E-state index contributed by atoms with van der Waals surface area (Å²) in [5.74, 6) is 0.260. The molecule has 2 aromatic rings. The minimum absolute atomic E-state index is 0.0138. The predicted molar refractivity (Wildman–Crippen MR) is 129 cm³/mol. The Morgan fingerprint density at radius 2 is 1.88 bits per heavy atom. The Morgan fingerprint density at radius 3 is 2.62 bits per heavy atom. The van der Waals surface area contributed by atoms with Gasteiger partial charge in [0.15, 0.2) is 0 Å². The van der Waals surface area contributed by atoms with Gasteiger partial charge in [-0.2, -0.15) is 0 Å². The van der Waals surface area contributed by atoms with Crippen molar-refractivity contribution in [3.63, 3.8) is 0 Å². The average molecular weight is 456 g/mol. The molecule has 32 heavy (non-hydrogen) atoms. The van der Waals surface area contributed by atoms with Gasteiger partial charge in [0.1, 0.15) is 0 Å². The number of carbonyl (C=O) groups is 1. The predicted octanol–water partition coefficient (Wildman–Crippen LogP) is 5.56. The fourth-order valence-electron chi connectivity index (χ4n) is 5.65. The summed E-state index contributed by atoms with van der Waals surface area (Å²) in [5, 5.41) is 9.42. The van der Waals surface area contributed by atoms with Crippen LogP contribution in [0.3, 0.4) is 0 Å². The number of fused-ring (bicyclic) bond motifs is 1. The smallest absolute Gasteiger partial charge is 0.246 e. The molecule has 0 radical (unpaired) electrons. The first-order chi connectivity index (χ1) is 15.3. The van der Waals surface area contributed by atoms with Gasteiger partial charge in [0.2, 0.25) is 14.3 Å². The molecule has 2 heterocycles. The van der Waals surface area contributed by atoms with Crippen LogP contribution in [0.25, 0.3) is 0 Å². The van der Waals surface area contributed by atoms with Gasteiger partial charge in [-0.15, -0.1) is 0 Å². The first kappa shape index (κ1) is 23.1. The number of amides is 1. The second-order valence-corrected chi connectivity index (χ2v) is 13.5. The largest absolute Gasteiger partial charge is 0.396 e. The van der Waals surface area contributed by atoms with Crippen molar-refractivity contribution in [1.29, 1.82) is 0 Å². The first-order valence-corrected chi connectivity index (χ1v) is 14.7. The van der Waals surface area contributed by atoms with Crippen LogP contribution < -0.4 is 4.90 Å². The Kier molecular flexibility index (Phi) is 6.84. The Labute approximate surface area is 191 Å². The van der Waals surface area contributed by atoms with Crippen molar-refractivity contribution in [1.82, 2.24) is 0 Å². The van der Waals surface area contributed by atoms with Crippen LogP contribution in [0.5, 0.6) is 0 Å². The molecule has 1 amide bonds. The summed E-state index contributed by atoms with van der Waals surface area (Å²) in [6, 6.07) is 16.3.